The number of rotatable bonds is 9. The highest BCUT2D eigenvalue weighted by Crippen LogP contribution is 2.29. The van der Waals surface area contributed by atoms with Gasteiger partial charge in [-0.05, 0) is 63.5 Å². The van der Waals surface area contributed by atoms with Crippen LogP contribution in [0.25, 0.3) is 0 Å². The third-order valence-corrected chi connectivity index (χ3v) is 4.09. The summed E-state index contributed by atoms with van der Waals surface area (Å²) in [6, 6.07) is 20.1. The fraction of sp³-hybridized carbons (Fsp3) is 0.227. The molecular weight excluding hydrogens is 366 g/mol. The number of carbonyl (C=O) groups excluding carboxylic acids is 1. The van der Waals surface area contributed by atoms with Gasteiger partial charge in [0.25, 0.3) is 5.91 Å². The third kappa shape index (κ3) is 6.29. The molecule has 0 aliphatic rings. The van der Waals surface area contributed by atoms with Crippen LogP contribution < -0.4 is 15.4 Å². The minimum atomic E-state index is -0.347. The molecule has 0 aliphatic carbocycles. The SMILES string of the molecule is CN(C)CCCNc1ccc(C(=O)Nc2ccccc2Oc2ccccc2)nn1. The van der Waals surface area contributed by atoms with Crippen LogP contribution in [-0.2, 0) is 0 Å². The van der Waals surface area contributed by atoms with Crippen molar-refractivity contribution < 1.29 is 9.53 Å². The van der Waals surface area contributed by atoms with Gasteiger partial charge in [-0.15, -0.1) is 10.2 Å². The molecule has 7 heteroatoms. The van der Waals surface area contributed by atoms with Crippen LogP contribution in [0.2, 0.25) is 0 Å². The van der Waals surface area contributed by atoms with Gasteiger partial charge in [-0.25, -0.2) is 0 Å². The van der Waals surface area contributed by atoms with Crippen molar-refractivity contribution in [2.75, 3.05) is 37.8 Å². The van der Waals surface area contributed by atoms with Crippen LogP contribution >= 0.6 is 0 Å². The van der Waals surface area contributed by atoms with E-state index in [0.29, 0.717) is 23.0 Å². The average molecular weight is 391 g/mol. The van der Waals surface area contributed by atoms with Crippen molar-refractivity contribution in [1.29, 1.82) is 0 Å². The molecule has 2 aromatic carbocycles. The molecule has 0 unspecified atom stereocenters. The molecule has 150 valence electrons. The molecular formula is C22H25N5O2. The van der Waals surface area contributed by atoms with E-state index in [2.05, 4.69) is 25.7 Å². The van der Waals surface area contributed by atoms with E-state index in [1.165, 1.54) is 0 Å². The molecule has 0 atom stereocenters. The van der Waals surface area contributed by atoms with Crippen molar-refractivity contribution in [3.8, 4) is 11.5 Å². The number of para-hydroxylation sites is 3. The number of nitrogens with zero attached hydrogens (tertiary/aromatic N) is 3. The Balaban J connectivity index is 1.60. The molecule has 3 rings (SSSR count). The largest absolute Gasteiger partial charge is 0.455 e. The summed E-state index contributed by atoms with van der Waals surface area (Å²) in [6.07, 6.45) is 0.995. The lowest BCUT2D eigenvalue weighted by molar-refractivity contribution is 0.102. The number of ether oxygens (including phenoxy) is 1. The molecule has 0 saturated heterocycles. The molecule has 0 fully saturated rings. The van der Waals surface area contributed by atoms with Gasteiger partial charge in [0.05, 0.1) is 5.69 Å². The number of aromatic nitrogens is 2. The quantitative estimate of drug-likeness (QED) is 0.539. The summed E-state index contributed by atoms with van der Waals surface area (Å²) in [5, 5.41) is 14.1. The molecule has 7 nitrogen and oxygen atoms in total. The topological polar surface area (TPSA) is 79.4 Å². The summed E-state index contributed by atoms with van der Waals surface area (Å²) < 4.78 is 5.87. The molecule has 0 spiro atoms. The summed E-state index contributed by atoms with van der Waals surface area (Å²) in [5.41, 5.74) is 0.799. The van der Waals surface area contributed by atoms with Gasteiger partial charge in [0.15, 0.2) is 11.4 Å². The molecule has 2 N–H and O–H groups in total. The molecule has 29 heavy (non-hydrogen) atoms. The second-order valence-electron chi connectivity index (χ2n) is 6.75. The zero-order chi connectivity index (χ0) is 20.5. The van der Waals surface area contributed by atoms with E-state index >= 15 is 0 Å². The van der Waals surface area contributed by atoms with E-state index in [1.54, 1.807) is 24.3 Å². The molecule has 0 bridgehead atoms. The number of hydrogen-bond acceptors (Lipinski definition) is 6. The Morgan fingerprint density at radius 1 is 0.966 bits per heavy atom. The normalized spacial score (nSPS) is 10.6. The summed E-state index contributed by atoms with van der Waals surface area (Å²) in [7, 11) is 4.08. The Hall–Kier alpha value is -3.45. The first-order valence-electron chi connectivity index (χ1n) is 9.47. The highest BCUT2D eigenvalue weighted by molar-refractivity contribution is 6.03. The standard InChI is InChI=1S/C22H25N5O2/c1-27(2)16-8-15-23-21-14-13-19(25-26-21)22(28)24-18-11-6-7-12-20(18)29-17-9-4-3-5-10-17/h3-7,9-14H,8,15-16H2,1-2H3,(H,23,26)(H,24,28). The maximum Gasteiger partial charge on any atom is 0.276 e. The summed E-state index contributed by atoms with van der Waals surface area (Å²) in [4.78, 5) is 14.7. The van der Waals surface area contributed by atoms with Gasteiger partial charge in [-0.3, -0.25) is 4.79 Å². The molecule has 0 radical (unpaired) electrons. The second-order valence-corrected chi connectivity index (χ2v) is 6.75. The van der Waals surface area contributed by atoms with Crippen LogP contribution in [0.15, 0.2) is 66.7 Å². The Morgan fingerprint density at radius 3 is 2.45 bits per heavy atom. The minimum absolute atomic E-state index is 0.235. The Morgan fingerprint density at radius 2 is 1.72 bits per heavy atom. The lowest BCUT2D eigenvalue weighted by Crippen LogP contribution is -2.17. The smallest absolute Gasteiger partial charge is 0.276 e. The highest BCUT2D eigenvalue weighted by atomic mass is 16.5. The maximum atomic E-state index is 12.6. The van der Waals surface area contributed by atoms with Crippen LogP contribution in [0.5, 0.6) is 11.5 Å². The summed E-state index contributed by atoms with van der Waals surface area (Å²) in [6.45, 7) is 1.79. The van der Waals surface area contributed by atoms with E-state index in [-0.39, 0.29) is 11.6 Å². The number of anilines is 2. The molecule has 0 saturated carbocycles. The fourth-order valence-electron chi connectivity index (χ4n) is 2.62. The van der Waals surface area contributed by atoms with Crippen molar-refractivity contribution in [2.24, 2.45) is 0 Å². The van der Waals surface area contributed by atoms with Gasteiger partial charge in [0.2, 0.25) is 0 Å². The second kappa shape index (κ2) is 10.2. The first kappa shape index (κ1) is 20.3. The van der Waals surface area contributed by atoms with Gasteiger partial charge in [0, 0.05) is 6.54 Å². The molecule has 1 amide bonds. The van der Waals surface area contributed by atoms with Crippen LogP contribution in [0.3, 0.4) is 0 Å². The van der Waals surface area contributed by atoms with Crippen molar-refractivity contribution in [1.82, 2.24) is 15.1 Å². The van der Waals surface area contributed by atoms with Gasteiger partial charge < -0.3 is 20.3 Å². The predicted octanol–water partition coefficient (Wildman–Crippen LogP) is 3.88. The molecule has 1 aromatic heterocycles. The Kier molecular flexibility index (Phi) is 7.13. The van der Waals surface area contributed by atoms with Crippen molar-refractivity contribution >= 4 is 17.4 Å². The fourth-order valence-corrected chi connectivity index (χ4v) is 2.62. The first-order valence-corrected chi connectivity index (χ1v) is 9.47. The van der Waals surface area contributed by atoms with Gasteiger partial charge in [-0.1, -0.05) is 30.3 Å². The van der Waals surface area contributed by atoms with Gasteiger partial charge in [0.1, 0.15) is 11.6 Å². The number of amides is 1. The van der Waals surface area contributed by atoms with E-state index in [9.17, 15) is 4.79 Å². The van der Waals surface area contributed by atoms with E-state index in [4.69, 9.17) is 4.74 Å². The van der Waals surface area contributed by atoms with Crippen LogP contribution in [0.4, 0.5) is 11.5 Å². The van der Waals surface area contributed by atoms with Crippen molar-refractivity contribution in [3.63, 3.8) is 0 Å². The first-order chi connectivity index (χ1) is 14.1. The van der Waals surface area contributed by atoms with Gasteiger partial charge >= 0.3 is 0 Å². The number of carbonyl (C=O) groups is 1. The molecule has 1 heterocycles. The monoisotopic (exact) mass is 391 g/mol. The summed E-state index contributed by atoms with van der Waals surface area (Å²) >= 11 is 0. The zero-order valence-corrected chi connectivity index (χ0v) is 16.6. The lowest BCUT2D eigenvalue weighted by atomic mass is 10.2. The number of hydrogen-bond donors (Lipinski definition) is 2. The maximum absolute atomic E-state index is 12.6. The van der Waals surface area contributed by atoms with Crippen LogP contribution in [0, 0.1) is 0 Å². The minimum Gasteiger partial charge on any atom is -0.455 e. The van der Waals surface area contributed by atoms with Crippen LogP contribution in [-0.4, -0.2) is 48.2 Å². The molecule has 0 aliphatic heterocycles. The van der Waals surface area contributed by atoms with Gasteiger partial charge in [-0.2, -0.15) is 0 Å². The van der Waals surface area contributed by atoms with Crippen molar-refractivity contribution in [3.05, 3.63) is 72.4 Å². The summed E-state index contributed by atoms with van der Waals surface area (Å²) in [5.74, 6) is 1.55. The molecule has 3 aromatic rings. The highest BCUT2D eigenvalue weighted by Gasteiger charge is 2.12. The van der Waals surface area contributed by atoms with Crippen LogP contribution in [0.1, 0.15) is 16.9 Å². The zero-order valence-electron chi connectivity index (χ0n) is 16.6. The number of nitrogens with one attached hydrogen (secondary N) is 2. The van der Waals surface area contributed by atoms with E-state index in [0.717, 1.165) is 19.5 Å². The number of benzene rings is 2. The Bertz CT molecular complexity index is 914. The Labute approximate surface area is 170 Å². The van der Waals surface area contributed by atoms with E-state index < -0.39 is 0 Å². The van der Waals surface area contributed by atoms with E-state index in [1.807, 2.05) is 56.6 Å². The lowest BCUT2D eigenvalue weighted by Gasteiger charge is -2.12. The van der Waals surface area contributed by atoms with Crippen molar-refractivity contribution in [2.45, 2.75) is 6.42 Å². The predicted molar refractivity (Wildman–Crippen MR) is 115 cm³/mol. The third-order valence-electron chi connectivity index (χ3n) is 4.09. The average Bonchev–Trinajstić information content (AvgIpc) is 2.74.